The first-order valence-electron chi connectivity index (χ1n) is 38.9. The number of carbonyl (C=O) groups is 6. The lowest BCUT2D eigenvalue weighted by atomic mass is 9.49. The highest BCUT2D eigenvalue weighted by molar-refractivity contribution is 7.97. The van der Waals surface area contributed by atoms with Gasteiger partial charge in [0.15, 0.2) is 24.8 Å². The topological polar surface area (TPSA) is 235 Å². The highest BCUT2D eigenvalue weighted by Gasteiger charge is 2.69. The van der Waals surface area contributed by atoms with Crippen LogP contribution >= 0.6 is 0 Å². The molecule has 106 heavy (non-hydrogen) atoms. The van der Waals surface area contributed by atoms with Gasteiger partial charge < -0.3 is 38.1 Å². The molecule has 12 atom stereocenters. The Morgan fingerprint density at radius 2 is 1.09 bits per heavy atom. The minimum absolute atomic E-state index is 0.0455. The SMILES string of the molecule is CCC(C)(C)C(=O)OC1(CC)CC2CC1C1C3CCC(C3)C21.CCC(C)(C)C(=O)OC12CC3CC(CC(O)(C3)C1)C2.CCC(C)(C)C(=O)OC1COC(=O)C1.CCC(C)C(=O)Oc1ccc([S+](c2ccccc2)c2ccccc2)cc1.O=C(OC(C(F)(F)F)C(F)(F)S(=O)(=O)[O-])C12CC3CC(CC(C3)C1)C2. The van der Waals surface area contributed by atoms with E-state index in [4.69, 9.17) is 23.7 Å². The number of rotatable bonds is 20. The van der Waals surface area contributed by atoms with Crippen molar-refractivity contribution < 1.29 is 97.2 Å². The van der Waals surface area contributed by atoms with Crippen LogP contribution in [-0.4, -0.2) is 101 Å². The molecule has 12 saturated carbocycles. The molecule has 12 bridgehead atoms. The lowest BCUT2D eigenvalue weighted by Gasteiger charge is -2.59. The maximum Gasteiger partial charge on any atom is 0.432 e. The van der Waals surface area contributed by atoms with E-state index in [-0.39, 0.29) is 119 Å². The summed E-state index contributed by atoms with van der Waals surface area (Å²) in [6.45, 7) is 24.0. The molecule has 1 saturated heterocycles. The molecule has 12 unspecified atom stereocenters. The normalized spacial score (nSPS) is 32.5. The summed E-state index contributed by atoms with van der Waals surface area (Å²) >= 11 is 0. The van der Waals surface area contributed by atoms with Crippen LogP contribution in [0.15, 0.2) is 99.6 Å². The molecule has 23 heteroatoms. The summed E-state index contributed by atoms with van der Waals surface area (Å²) < 4.78 is 129. The summed E-state index contributed by atoms with van der Waals surface area (Å²) in [5.74, 6) is 5.14. The third-order valence-electron chi connectivity index (χ3n) is 26.4. The van der Waals surface area contributed by atoms with Crippen LogP contribution in [0.25, 0.3) is 0 Å². The van der Waals surface area contributed by atoms with Crippen molar-refractivity contribution in [1.82, 2.24) is 0 Å². The second-order valence-corrected chi connectivity index (χ2v) is 38.6. The Morgan fingerprint density at radius 1 is 0.613 bits per heavy atom. The first-order valence-corrected chi connectivity index (χ1v) is 41.5. The first kappa shape index (κ1) is 82.8. The van der Waals surface area contributed by atoms with Crippen LogP contribution in [0.5, 0.6) is 5.75 Å². The maximum absolute atomic E-state index is 13.5. The van der Waals surface area contributed by atoms with Gasteiger partial charge in [-0.1, -0.05) is 77.9 Å². The van der Waals surface area contributed by atoms with E-state index in [1.54, 1.807) is 0 Å². The fourth-order valence-electron chi connectivity index (χ4n) is 20.1. The van der Waals surface area contributed by atoms with Gasteiger partial charge in [-0.2, -0.15) is 22.0 Å². The Hall–Kier alpha value is -5.65. The Balaban J connectivity index is 0.000000144. The van der Waals surface area contributed by atoms with Crippen molar-refractivity contribution in [3.63, 3.8) is 0 Å². The predicted octanol–water partition coefficient (Wildman–Crippen LogP) is 17.7. The van der Waals surface area contributed by atoms with Gasteiger partial charge in [-0.25, -0.2) is 8.42 Å². The largest absolute Gasteiger partial charge is 0.743 e. The van der Waals surface area contributed by atoms with E-state index >= 15 is 0 Å². The molecule has 1 aliphatic heterocycles. The van der Waals surface area contributed by atoms with Gasteiger partial charge in [-0.3, -0.25) is 28.8 Å². The second kappa shape index (κ2) is 32.0. The summed E-state index contributed by atoms with van der Waals surface area (Å²) in [4.78, 5) is 75.5. The number of halogens is 5. The van der Waals surface area contributed by atoms with Crippen molar-refractivity contribution in [3.8, 4) is 5.75 Å². The average molecular weight is 1530 g/mol. The molecule has 12 aliphatic carbocycles. The maximum atomic E-state index is 13.5. The lowest BCUT2D eigenvalue weighted by Crippen LogP contribution is -2.61. The number of esters is 6. The number of carbonyl (C=O) groups excluding carboxylic acids is 6. The quantitative estimate of drug-likeness (QED) is 0.0211. The summed E-state index contributed by atoms with van der Waals surface area (Å²) in [5, 5.41) is 4.86. The Kier molecular flexibility index (Phi) is 25.0. The van der Waals surface area contributed by atoms with Crippen LogP contribution in [0, 0.1) is 92.7 Å². The number of hydrogen-bond donors (Lipinski definition) is 1. The van der Waals surface area contributed by atoms with Crippen LogP contribution in [-0.2, 0) is 73.5 Å². The molecule has 0 amide bonds. The predicted molar refractivity (Wildman–Crippen MR) is 387 cm³/mol. The van der Waals surface area contributed by atoms with E-state index in [9.17, 15) is 68.8 Å². The molecular formula is C83H113F5O16S2. The van der Waals surface area contributed by atoms with Crippen LogP contribution < -0.4 is 4.74 Å². The molecule has 16 rings (SSSR count). The number of benzene rings is 3. The van der Waals surface area contributed by atoms with E-state index in [2.05, 4.69) is 79.2 Å². The number of fused-ring (bicyclic) bond motifs is 9. The number of alkyl halides is 5. The first-order chi connectivity index (χ1) is 49.6. The van der Waals surface area contributed by atoms with Crippen LogP contribution in [0.3, 0.4) is 0 Å². The van der Waals surface area contributed by atoms with Gasteiger partial charge in [0, 0.05) is 12.3 Å². The lowest BCUT2D eigenvalue weighted by molar-refractivity contribution is -0.266. The average Bonchev–Trinajstić information content (AvgIpc) is 1.52. The standard InChI is InChI=1S/C23H23O2S.C20H32O2.C16H26O3.C14H17F5O5S.C10H16O4/c1-3-18(2)23(24)25-19-14-16-22(17-15-19)26(20-10-6-4-7-11-20)21-12-8-5-9-13-21;1-5-19(3,4)18(21)22-20(6-2)11-14-10-15(20)17-13-8-7-12(9-13)16(14)17;1-4-14(2,3)13(17)19-16-8-11-5-12(9-16)7-15(18,6-11)10-16;15-13(16,17)10(14(18,19)25(21,22)23)24-11(20)12-4-7-1-8(5-12)3-9(2-7)6-12;1-4-10(2,3)9(12)14-7-5-8(11)13-6-7/h4-18H,3H2,1-2H3;12-17H,5-11H2,1-4H3;11-12,18H,4-10H2,1-3H3;7-10H,1-6H2,(H,21,22,23);7H,4-6H2,1-3H3/q+1;;;;/p-1. The van der Waals surface area contributed by atoms with Crippen molar-refractivity contribution in [1.29, 1.82) is 0 Å². The summed E-state index contributed by atoms with van der Waals surface area (Å²) in [6, 6.07) is 28.9. The number of hydrogen-bond acceptors (Lipinski definition) is 16. The van der Waals surface area contributed by atoms with Gasteiger partial charge in [0.2, 0.25) is 0 Å². The van der Waals surface area contributed by atoms with Gasteiger partial charge in [0.25, 0.3) is 6.10 Å². The van der Waals surface area contributed by atoms with Crippen LogP contribution in [0.4, 0.5) is 22.0 Å². The Morgan fingerprint density at radius 3 is 1.55 bits per heavy atom. The third kappa shape index (κ3) is 18.0. The van der Waals surface area contributed by atoms with Gasteiger partial charge in [-0.15, -0.1) is 0 Å². The molecule has 13 aliphatic rings. The van der Waals surface area contributed by atoms with Crippen LogP contribution in [0.1, 0.15) is 231 Å². The smallest absolute Gasteiger partial charge is 0.432 e. The monoisotopic (exact) mass is 1520 g/mol. The van der Waals surface area contributed by atoms with E-state index in [1.165, 1.54) is 46.8 Å². The van der Waals surface area contributed by atoms with Crippen molar-refractivity contribution >= 4 is 56.8 Å². The minimum atomic E-state index is -6.67. The Bertz CT molecular complexity index is 3620. The molecule has 0 spiro atoms. The molecule has 588 valence electrons. The molecule has 1 heterocycles. The molecule has 1 N–H and O–H groups in total. The molecular weight excluding hydrogens is 1410 g/mol. The van der Waals surface area contributed by atoms with Crippen LogP contribution in [0.2, 0.25) is 0 Å². The van der Waals surface area contributed by atoms with Crippen molar-refractivity contribution in [2.24, 2.45) is 92.7 Å². The molecule has 3 aromatic rings. The molecule has 0 aromatic heterocycles. The van der Waals surface area contributed by atoms with Crippen molar-refractivity contribution in [2.45, 2.75) is 286 Å². The van der Waals surface area contributed by atoms with E-state index in [1.807, 2.05) is 93.5 Å². The number of ether oxygens (including phenoxy) is 6. The van der Waals surface area contributed by atoms with Gasteiger partial charge in [-0.05, 0) is 284 Å². The van der Waals surface area contributed by atoms with Gasteiger partial charge >= 0.3 is 47.2 Å². The summed E-state index contributed by atoms with van der Waals surface area (Å²) in [6.07, 6.45) is 9.62. The second-order valence-electron chi connectivity index (χ2n) is 35.2. The minimum Gasteiger partial charge on any atom is -0.743 e. The van der Waals surface area contributed by atoms with Gasteiger partial charge in [0.05, 0.1) is 50.5 Å². The molecule has 0 radical (unpaired) electrons. The number of aliphatic hydroxyl groups is 1. The molecule has 3 aromatic carbocycles. The zero-order chi connectivity index (χ0) is 77.5. The molecule has 16 nitrogen and oxygen atoms in total. The van der Waals surface area contributed by atoms with Crippen molar-refractivity contribution in [2.75, 3.05) is 6.61 Å². The number of cyclic esters (lactones) is 1. The Labute approximate surface area is 626 Å². The zero-order valence-corrected chi connectivity index (χ0v) is 65.5. The fourth-order valence-corrected chi connectivity index (χ4v) is 22.6. The van der Waals surface area contributed by atoms with E-state index in [0.717, 1.165) is 107 Å². The fraction of sp³-hybridized carbons (Fsp3) is 0.711. The summed E-state index contributed by atoms with van der Waals surface area (Å²) in [5.41, 5.74) is -3.56. The van der Waals surface area contributed by atoms with E-state index < -0.39 is 55.5 Å². The third-order valence-corrected chi connectivity index (χ3v) is 29.5. The van der Waals surface area contributed by atoms with Crippen molar-refractivity contribution in [3.05, 3.63) is 84.9 Å². The highest BCUT2D eigenvalue weighted by atomic mass is 32.2. The highest BCUT2D eigenvalue weighted by Crippen LogP contribution is 2.71. The summed E-state index contributed by atoms with van der Waals surface area (Å²) in [7, 11) is -6.85. The van der Waals surface area contributed by atoms with E-state index in [0.29, 0.717) is 36.3 Å². The zero-order valence-electron chi connectivity index (χ0n) is 63.9. The van der Waals surface area contributed by atoms with Gasteiger partial charge in [0.1, 0.15) is 29.7 Å². The molecule has 13 fully saturated rings.